The highest BCUT2D eigenvalue weighted by Gasteiger charge is 2.27. The maximum atomic E-state index is 13.6. The van der Waals surface area contributed by atoms with Crippen molar-refractivity contribution in [1.29, 1.82) is 0 Å². The van der Waals surface area contributed by atoms with Gasteiger partial charge in [0.15, 0.2) is 17.3 Å². The molecule has 0 aliphatic heterocycles. The molecule has 1 unspecified atom stereocenters. The molecule has 0 radical (unpaired) electrons. The van der Waals surface area contributed by atoms with E-state index in [2.05, 4.69) is 32.8 Å². The first-order chi connectivity index (χ1) is 23.0. The van der Waals surface area contributed by atoms with Gasteiger partial charge in [-0.15, -0.1) is 0 Å². The molecule has 0 fully saturated rings. The normalized spacial score (nSPS) is 15.4. The number of hydrogen-bond acceptors (Lipinski definition) is 7. The highest BCUT2D eigenvalue weighted by atomic mass is 16.2. The zero-order chi connectivity index (χ0) is 31.9. The van der Waals surface area contributed by atoms with E-state index in [1.165, 1.54) is 0 Å². The van der Waals surface area contributed by atoms with Crippen LogP contribution in [0.3, 0.4) is 0 Å². The lowest BCUT2D eigenvalue weighted by atomic mass is 10.1. The van der Waals surface area contributed by atoms with E-state index in [1.807, 2.05) is 65.4 Å². The van der Waals surface area contributed by atoms with Crippen molar-refractivity contribution >= 4 is 34.5 Å². The number of aryl methyl sites for hydroxylation is 1. The summed E-state index contributed by atoms with van der Waals surface area (Å²) in [7, 11) is 0. The Morgan fingerprint density at radius 3 is 2.66 bits per heavy atom. The van der Waals surface area contributed by atoms with Crippen LogP contribution in [-0.4, -0.2) is 41.1 Å². The van der Waals surface area contributed by atoms with Gasteiger partial charge in [0.25, 0.3) is 11.8 Å². The number of benzene rings is 2. The average Bonchev–Trinajstić information content (AvgIpc) is 3.92. The van der Waals surface area contributed by atoms with E-state index in [4.69, 9.17) is 15.7 Å². The molecule has 2 aliphatic rings. The van der Waals surface area contributed by atoms with Crippen molar-refractivity contribution in [3.05, 3.63) is 120 Å². The molecular weight excluding hydrogens is 590 g/mol. The van der Waals surface area contributed by atoms with Gasteiger partial charge in [-0.2, -0.15) is 5.10 Å². The molecule has 0 spiro atoms. The molecule has 0 bridgehead atoms. The van der Waals surface area contributed by atoms with E-state index < -0.39 is 0 Å². The van der Waals surface area contributed by atoms with Crippen LogP contribution in [0.5, 0.6) is 0 Å². The molecule has 6 aromatic rings. The minimum Gasteiger partial charge on any atom is -0.383 e. The number of aromatic nitrogens is 6. The fourth-order valence-electron chi connectivity index (χ4n) is 6.51. The number of rotatable bonds is 7. The van der Waals surface area contributed by atoms with Crippen molar-refractivity contribution in [2.24, 2.45) is 0 Å². The van der Waals surface area contributed by atoms with Crippen molar-refractivity contribution in [2.75, 3.05) is 11.1 Å². The second kappa shape index (κ2) is 11.7. The zero-order valence-electron chi connectivity index (χ0n) is 25.4. The highest BCUT2D eigenvalue weighted by Crippen LogP contribution is 2.36. The maximum Gasteiger partial charge on any atom is 0.253 e. The number of anilines is 2. The van der Waals surface area contributed by atoms with Crippen LogP contribution in [0.15, 0.2) is 103 Å². The fourth-order valence-corrected chi connectivity index (χ4v) is 6.51. The molecule has 47 heavy (non-hydrogen) atoms. The number of imidazole rings is 1. The third-order valence-electron chi connectivity index (χ3n) is 8.83. The summed E-state index contributed by atoms with van der Waals surface area (Å²) in [6.45, 7) is 0. The van der Waals surface area contributed by atoms with Gasteiger partial charge >= 0.3 is 0 Å². The van der Waals surface area contributed by atoms with E-state index in [-0.39, 0.29) is 17.9 Å². The summed E-state index contributed by atoms with van der Waals surface area (Å²) in [5.41, 5.74) is 13.2. The van der Waals surface area contributed by atoms with Crippen LogP contribution in [0.4, 0.5) is 11.5 Å². The molecule has 2 aliphatic carbocycles. The van der Waals surface area contributed by atoms with Crippen molar-refractivity contribution < 1.29 is 9.59 Å². The molecule has 2 aromatic carbocycles. The lowest BCUT2D eigenvalue weighted by molar-refractivity contribution is -0.112. The van der Waals surface area contributed by atoms with Gasteiger partial charge in [0.1, 0.15) is 11.3 Å². The maximum absolute atomic E-state index is 13.6. The predicted octanol–water partition coefficient (Wildman–Crippen LogP) is 5.72. The second-order valence-electron chi connectivity index (χ2n) is 11.7. The molecule has 0 saturated carbocycles. The van der Waals surface area contributed by atoms with Crippen LogP contribution in [-0.2, 0) is 11.2 Å². The summed E-state index contributed by atoms with van der Waals surface area (Å²) in [4.78, 5) is 40.6. The molecule has 11 heteroatoms. The summed E-state index contributed by atoms with van der Waals surface area (Å²) in [5, 5.41) is 10.5. The van der Waals surface area contributed by atoms with Crippen LogP contribution in [0.25, 0.3) is 34.1 Å². The number of para-hydroxylation sites is 1. The monoisotopic (exact) mass is 621 g/mol. The molecule has 4 N–H and O–H groups in total. The third-order valence-corrected chi connectivity index (χ3v) is 8.83. The standard InChI is InChI=1S/C36H31N9O2/c37-32-27(10-5-18-38-32)33-40-30-16-17-31(44-20-6-19-39-44)43-34(30)45(33)24-13-14-25-23(21-24)12-15-29(25)42-36(47)26-9-3-4-11-28(26)41-35(46)22-7-1-2-8-22/h3-7,9-11,13-14,16-21,29H,1-2,8,12,15H2,(H2,37,38)(H,41,46)(H,42,47). The van der Waals surface area contributed by atoms with Gasteiger partial charge in [-0.3, -0.25) is 14.2 Å². The Labute approximate surface area is 270 Å². The summed E-state index contributed by atoms with van der Waals surface area (Å²) < 4.78 is 3.71. The Bertz CT molecular complexity index is 2200. The Balaban J connectivity index is 1.12. The Morgan fingerprint density at radius 2 is 1.83 bits per heavy atom. The van der Waals surface area contributed by atoms with Crippen LogP contribution in [0, 0.1) is 0 Å². The number of pyridine rings is 2. The Morgan fingerprint density at radius 1 is 0.915 bits per heavy atom. The molecule has 0 saturated heterocycles. The number of nitrogens with one attached hydrogen (secondary N) is 2. The number of fused-ring (bicyclic) bond motifs is 2. The van der Waals surface area contributed by atoms with Crippen LogP contribution in [0.1, 0.15) is 53.2 Å². The van der Waals surface area contributed by atoms with Gasteiger partial charge in [0.2, 0.25) is 0 Å². The van der Waals surface area contributed by atoms with Crippen LogP contribution >= 0.6 is 0 Å². The lowest BCUT2D eigenvalue weighted by Gasteiger charge is -2.17. The highest BCUT2D eigenvalue weighted by molar-refractivity contribution is 6.09. The number of nitrogen functional groups attached to an aromatic ring is 1. The predicted molar refractivity (Wildman–Crippen MR) is 179 cm³/mol. The van der Waals surface area contributed by atoms with Crippen LogP contribution in [0.2, 0.25) is 0 Å². The molecule has 4 aromatic heterocycles. The van der Waals surface area contributed by atoms with Gasteiger partial charge in [-0.05, 0) is 97.8 Å². The summed E-state index contributed by atoms with van der Waals surface area (Å²) >= 11 is 0. The van der Waals surface area contributed by atoms with E-state index in [0.29, 0.717) is 45.4 Å². The number of amides is 2. The van der Waals surface area contributed by atoms with Gasteiger partial charge in [0.05, 0.1) is 22.9 Å². The van der Waals surface area contributed by atoms with E-state index in [0.717, 1.165) is 54.5 Å². The smallest absolute Gasteiger partial charge is 0.253 e. The molecule has 2 amide bonds. The fraction of sp³-hybridized carbons (Fsp3) is 0.167. The number of carbonyl (C=O) groups is 2. The minimum absolute atomic E-state index is 0.146. The Kier molecular flexibility index (Phi) is 7.05. The third kappa shape index (κ3) is 5.21. The number of hydrogen-bond donors (Lipinski definition) is 3. The first-order valence-electron chi connectivity index (χ1n) is 15.7. The van der Waals surface area contributed by atoms with Gasteiger partial charge < -0.3 is 16.4 Å². The van der Waals surface area contributed by atoms with E-state index in [1.54, 1.807) is 29.2 Å². The topological polar surface area (TPSA) is 146 Å². The number of nitrogens with two attached hydrogens (primary N) is 1. The summed E-state index contributed by atoms with van der Waals surface area (Å²) in [6, 6.07) is 22.6. The summed E-state index contributed by atoms with van der Waals surface area (Å²) in [5.74, 6) is 1.29. The molecule has 8 rings (SSSR count). The minimum atomic E-state index is -0.228. The van der Waals surface area contributed by atoms with Crippen LogP contribution < -0.4 is 16.4 Å². The van der Waals surface area contributed by atoms with Crippen molar-refractivity contribution in [2.45, 2.75) is 38.1 Å². The number of nitrogens with zero attached hydrogens (tertiary/aromatic N) is 6. The quantitative estimate of drug-likeness (QED) is 0.207. The summed E-state index contributed by atoms with van der Waals surface area (Å²) in [6.07, 6.45) is 11.4. The molecular formula is C36H31N9O2. The van der Waals surface area contributed by atoms with Gasteiger partial charge in [-0.1, -0.05) is 24.3 Å². The molecule has 1 atom stereocenters. The number of allylic oxidation sites excluding steroid dienone is 1. The average molecular weight is 622 g/mol. The largest absolute Gasteiger partial charge is 0.383 e. The second-order valence-corrected chi connectivity index (χ2v) is 11.7. The van der Waals surface area contributed by atoms with E-state index >= 15 is 0 Å². The SMILES string of the molecule is Nc1ncccc1-c1nc2ccc(-n3cccn3)nc2n1-c1ccc2c(c1)CCC2NC(=O)c1ccccc1NC(=O)C1=CCCC1. The van der Waals surface area contributed by atoms with Gasteiger partial charge in [-0.25, -0.2) is 19.6 Å². The lowest BCUT2D eigenvalue weighted by Crippen LogP contribution is -2.28. The first kappa shape index (κ1) is 28.4. The number of carbonyl (C=O) groups excluding carboxylic acids is 2. The molecule has 232 valence electrons. The van der Waals surface area contributed by atoms with Crippen molar-refractivity contribution in [3.63, 3.8) is 0 Å². The van der Waals surface area contributed by atoms with E-state index in [9.17, 15) is 9.59 Å². The Hall–Kier alpha value is -6.10. The van der Waals surface area contributed by atoms with Gasteiger partial charge in [0, 0.05) is 29.9 Å². The molecule has 11 nitrogen and oxygen atoms in total. The zero-order valence-corrected chi connectivity index (χ0v) is 25.4. The van der Waals surface area contributed by atoms with Crippen molar-refractivity contribution in [3.8, 4) is 22.9 Å². The van der Waals surface area contributed by atoms with Crippen molar-refractivity contribution in [1.82, 2.24) is 34.6 Å². The first-order valence-corrected chi connectivity index (χ1v) is 15.7. The molecule has 4 heterocycles.